The second-order valence-electron chi connectivity index (χ2n) is 6.37. The number of hydrogen-bond donors (Lipinski definition) is 1. The molecule has 0 atom stereocenters. The lowest BCUT2D eigenvalue weighted by molar-refractivity contribution is 0.0904. The normalized spacial score (nSPS) is 27.0. The molecule has 0 bridgehead atoms. The Labute approximate surface area is 108 Å². The summed E-state index contributed by atoms with van der Waals surface area (Å²) in [6.45, 7) is 4.80. The van der Waals surface area contributed by atoms with Crippen molar-refractivity contribution in [2.45, 2.75) is 38.1 Å². The zero-order chi connectivity index (χ0) is 12.0. The summed E-state index contributed by atoms with van der Waals surface area (Å²) in [5.74, 6) is 0. The predicted molar refractivity (Wildman–Crippen MR) is 71.9 cm³/mol. The lowest BCUT2D eigenvalue weighted by Crippen LogP contribution is -2.59. The van der Waals surface area contributed by atoms with Crippen LogP contribution in [0.3, 0.4) is 0 Å². The van der Waals surface area contributed by atoms with E-state index in [4.69, 9.17) is 0 Å². The highest BCUT2D eigenvalue weighted by molar-refractivity contribution is 5.47. The second-order valence-corrected chi connectivity index (χ2v) is 6.37. The van der Waals surface area contributed by atoms with E-state index in [2.05, 4.69) is 32.4 Å². The van der Waals surface area contributed by atoms with Gasteiger partial charge < -0.3 is 10.2 Å². The molecule has 1 saturated carbocycles. The third-order valence-corrected chi connectivity index (χ3v) is 5.10. The van der Waals surface area contributed by atoms with Crippen molar-refractivity contribution in [1.29, 1.82) is 0 Å². The first-order valence-corrected chi connectivity index (χ1v) is 7.35. The fraction of sp³-hybridized carbons (Fsp3) is 0.786. The summed E-state index contributed by atoms with van der Waals surface area (Å²) in [5.41, 5.74) is 2.04. The first-order valence-electron chi connectivity index (χ1n) is 7.35. The molecular weight excluding hydrogens is 224 g/mol. The van der Waals surface area contributed by atoms with Gasteiger partial charge in [0.1, 0.15) is 0 Å². The third kappa shape index (κ3) is 1.66. The van der Waals surface area contributed by atoms with Gasteiger partial charge in [0.15, 0.2) is 0 Å². The van der Waals surface area contributed by atoms with E-state index < -0.39 is 0 Å². The Bertz CT molecular complexity index is 421. The Balaban J connectivity index is 1.42. The minimum absolute atomic E-state index is 0.610. The lowest BCUT2D eigenvalue weighted by atomic mass is 9.63. The highest BCUT2D eigenvalue weighted by Gasteiger charge is 2.47. The van der Waals surface area contributed by atoms with E-state index in [0.29, 0.717) is 11.5 Å². The summed E-state index contributed by atoms with van der Waals surface area (Å²) in [7, 11) is 0. The minimum atomic E-state index is 0.610. The average Bonchev–Trinajstić information content (AvgIpc) is 2.76. The highest BCUT2D eigenvalue weighted by Crippen LogP contribution is 2.49. The van der Waals surface area contributed by atoms with E-state index in [-0.39, 0.29) is 0 Å². The smallest absolute Gasteiger partial charge is 0.0753 e. The Kier molecular flexibility index (Phi) is 2.40. The molecular formula is C14H22N4. The van der Waals surface area contributed by atoms with Crippen molar-refractivity contribution in [2.24, 2.45) is 5.41 Å². The van der Waals surface area contributed by atoms with Crippen LogP contribution in [-0.4, -0.2) is 36.0 Å². The van der Waals surface area contributed by atoms with Crippen LogP contribution in [0.4, 0.5) is 5.69 Å². The molecule has 0 radical (unpaired) electrons. The van der Waals surface area contributed by atoms with Crippen molar-refractivity contribution < 1.29 is 0 Å². The average molecular weight is 246 g/mol. The molecule has 3 heterocycles. The Morgan fingerprint density at radius 3 is 2.67 bits per heavy atom. The molecule has 3 fully saturated rings. The third-order valence-electron chi connectivity index (χ3n) is 5.10. The van der Waals surface area contributed by atoms with E-state index in [1.807, 2.05) is 0 Å². The zero-order valence-corrected chi connectivity index (χ0v) is 10.9. The predicted octanol–water partition coefficient (Wildman–Crippen LogP) is 1.80. The van der Waals surface area contributed by atoms with Crippen LogP contribution in [0.5, 0.6) is 0 Å². The molecule has 1 aromatic rings. The van der Waals surface area contributed by atoms with Gasteiger partial charge in [-0.15, -0.1) is 0 Å². The van der Waals surface area contributed by atoms with Crippen LogP contribution in [0.2, 0.25) is 0 Å². The molecule has 4 nitrogen and oxygen atoms in total. The Morgan fingerprint density at radius 1 is 1.22 bits per heavy atom. The van der Waals surface area contributed by atoms with Crippen molar-refractivity contribution in [3.8, 4) is 0 Å². The highest BCUT2D eigenvalue weighted by atomic mass is 15.3. The van der Waals surface area contributed by atoms with Gasteiger partial charge in [0.25, 0.3) is 0 Å². The van der Waals surface area contributed by atoms with Crippen LogP contribution < -0.4 is 10.2 Å². The van der Waals surface area contributed by atoms with Crippen molar-refractivity contribution in [3.05, 3.63) is 12.4 Å². The van der Waals surface area contributed by atoms with Gasteiger partial charge in [-0.3, -0.25) is 4.68 Å². The fourth-order valence-corrected chi connectivity index (χ4v) is 3.70. The monoisotopic (exact) mass is 246 g/mol. The van der Waals surface area contributed by atoms with E-state index in [0.717, 1.165) is 13.1 Å². The topological polar surface area (TPSA) is 33.1 Å². The van der Waals surface area contributed by atoms with Crippen LogP contribution in [0.25, 0.3) is 0 Å². The van der Waals surface area contributed by atoms with Gasteiger partial charge in [0.05, 0.1) is 17.9 Å². The van der Waals surface area contributed by atoms with Crippen LogP contribution >= 0.6 is 0 Å². The number of aromatic nitrogens is 2. The molecule has 18 heavy (non-hydrogen) atoms. The van der Waals surface area contributed by atoms with Gasteiger partial charge in [0.2, 0.25) is 0 Å². The Morgan fingerprint density at radius 2 is 2.00 bits per heavy atom. The molecule has 2 saturated heterocycles. The van der Waals surface area contributed by atoms with Crippen molar-refractivity contribution in [2.75, 3.05) is 31.1 Å². The molecule has 2 aliphatic heterocycles. The van der Waals surface area contributed by atoms with Gasteiger partial charge in [-0.1, -0.05) is 6.42 Å². The Hall–Kier alpha value is -1.03. The summed E-state index contributed by atoms with van der Waals surface area (Å²) in [6.07, 6.45) is 11.1. The number of nitrogens with zero attached hydrogens (tertiary/aromatic N) is 3. The van der Waals surface area contributed by atoms with Crippen molar-refractivity contribution in [1.82, 2.24) is 15.1 Å². The molecule has 0 amide bonds. The summed E-state index contributed by atoms with van der Waals surface area (Å²) in [6, 6.07) is 0.610. The summed E-state index contributed by atoms with van der Waals surface area (Å²) >= 11 is 0. The van der Waals surface area contributed by atoms with Crippen LogP contribution in [-0.2, 0) is 0 Å². The quantitative estimate of drug-likeness (QED) is 0.864. The minimum Gasteiger partial charge on any atom is -0.368 e. The molecule has 0 aromatic carbocycles. The molecule has 3 aliphatic rings. The SMILES string of the molecule is c1nn(C2CCNCC2)cc1N1CC2(CCC2)C1. The summed E-state index contributed by atoms with van der Waals surface area (Å²) in [4.78, 5) is 2.50. The second kappa shape index (κ2) is 3.98. The number of nitrogens with one attached hydrogen (secondary N) is 1. The van der Waals surface area contributed by atoms with Crippen molar-refractivity contribution in [3.63, 3.8) is 0 Å². The molecule has 4 heteroatoms. The maximum absolute atomic E-state index is 4.58. The van der Waals surface area contributed by atoms with E-state index in [9.17, 15) is 0 Å². The van der Waals surface area contributed by atoms with E-state index in [1.54, 1.807) is 0 Å². The first-order chi connectivity index (χ1) is 8.85. The number of hydrogen-bond acceptors (Lipinski definition) is 3. The van der Waals surface area contributed by atoms with Gasteiger partial charge in [-0.2, -0.15) is 5.10 Å². The summed E-state index contributed by atoms with van der Waals surface area (Å²) in [5, 5.41) is 7.99. The van der Waals surface area contributed by atoms with Gasteiger partial charge >= 0.3 is 0 Å². The van der Waals surface area contributed by atoms with Gasteiger partial charge in [-0.05, 0) is 38.8 Å². The molecule has 1 aliphatic carbocycles. The summed E-state index contributed by atoms with van der Waals surface area (Å²) < 4.78 is 2.20. The molecule has 1 aromatic heterocycles. The fourth-order valence-electron chi connectivity index (χ4n) is 3.70. The number of piperidine rings is 1. The van der Waals surface area contributed by atoms with Gasteiger partial charge in [0, 0.05) is 24.7 Å². The van der Waals surface area contributed by atoms with E-state index in [1.165, 1.54) is 50.9 Å². The molecule has 0 unspecified atom stereocenters. The molecule has 1 spiro atoms. The van der Waals surface area contributed by atoms with Crippen LogP contribution in [0.15, 0.2) is 12.4 Å². The maximum Gasteiger partial charge on any atom is 0.0753 e. The van der Waals surface area contributed by atoms with Crippen molar-refractivity contribution >= 4 is 5.69 Å². The lowest BCUT2D eigenvalue weighted by Gasteiger charge is -2.56. The largest absolute Gasteiger partial charge is 0.368 e. The van der Waals surface area contributed by atoms with Gasteiger partial charge in [-0.25, -0.2) is 0 Å². The van der Waals surface area contributed by atoms with Crippen LogP contribution in [0.1, 0.15) is 38.1 Å². The van der Waals surface area contributed by atoms with Crippen LogP contribution in [0, 0.1) is 5.41 Å². The van der Waals surface area contributed by atoms with E-state index >= 15 is 0 Å². The standard InChI is InChI=1S/C14H22N4/c1-4-14(5-1)10-17(11-14)13-8-16-18(9-13)12-2-6-15-7-3-12/h8-9,12,15H,1-7,10-11H2. The number of anilines is 1. The molecule has 98 valence electrons. The maximum atomic E-state index is 4.58. The zero-order valence-electron chi connectivity index (χ0n) is 10.9. The molecule has 1 N–H and O–H groups in total. The number of rotatable bonds is 2. The molecule has 4 rings (SSSR count). The first kappa shape index (κ1) is 10.9.